The maximum atomic E-state index is 12.7. The molecule has 0 atom stereocenters. The van der Waals surface area contributed by atoms with E-state index >= 15 is 0 Å². The first kappa shape index (κ1) is 22.0. The molecule has 1 aromatic carbocycles. The van der Waals surface area contributed by atoms with Gasteiger partial charge in [-0.1, -0.05) is 30.3 Å². The average molecular weight is 442 g/mol. The van der Waals surface area contributed by atoms with Gasteiger partial charge in [-0.3, -0.25) is 19.1 Å². The van der Waals surface area contributed by atoms with Crippen molar-refractivity contribution >= 4 is 34.7 Å². The van der Waals surface area contributed by atoms with Crippen LogP contribution in [0.4, 0.5) is 11.5 Å². The zero-order valence-electron chi connectivity index (χ0n) is 17.1. The highest BCUT2D eigenvalue weighted by Gasteiger charge is 2.24. The van der Waals surface area contributed by atoms with Crippen molar-refractivity contribution in [2.75, 3.05) is 23.8 Å². The Morgan fingerprint density at radius 2 is 1.87 bits per heavy atom. The van der Waals surface area contributed by atoms with Crippen LogP contribution in [0.2, 0.25) is 0 Å². The van der Waals surface area contributed by atoms with Gasteiger partial charge in [-0.25, -0.2) is 9.59 Å². The molecule has 10 heteroatoms. The minimum atomic E-state index is -0.790. The summed E-state index contributed by atoms with van der Waals surface area (Å²) in [6.45, 7) is 3.14. The highest BCUT2D eigenvalue weighted by molar-refractivity contribution is 7.13. The maximum absolute atomic E-state index is 12.7. The topological polar surface area (TPSA) is 127 Å². The number of ether oxygens (including phenoxy) is 1. The second-order valence-electron chi connectivity index (χ2n) is 6.69. The fourth-order valence-electron chi connectivity index (χ4n) is 3.04. The number of amides is 1. The van der Waals surface area contributed by atoms with E-state index < -0.39 is 29.7 Å². The number of nitrogens with zero attached hydrogens (tertiary/aromatic N) is 2. The first-order valence-electron chi connectivity index (χ1n) is 9.52. The number of benzene rings is 1. The summed E-state index contributed by atoms with van der Waals surface area (Å²) < 4.78 is 6.28. The number of aromatic nitrogens is 2. The van der Waals surface area contributed by atoms with E-state index in [-0.39, 0.29) is 24.6 Å². The standard InChI is InChI=1S/C21H22N4O5S/c1-3-24(16(26)12-30-20(28)15-10-9-13(2)31-15)17-18(22)25(21(29)23-19(17)27)11-14-7-5-4-6-8-14/h4-10H,3,11-12,22H2,1-2H3,(H,23,27,29). The van der Waals surface area contributed by atoms with Crippen LogP contribution < -0.4 is 21.9 Å². The number of thiophene rings is 1. The lowest BCUT2D eigenvalue weighted by atomic mass is 10.2. The summed E-state index contributed by atoms with van der Waals surface area (Å²) in [5.74, 6) is -1.40. The SMILES string of the molecule is CCN(C(=O)COC(=O)c1ccc(C)s1)c1c(N)n(Cc2ccccc2)c(=O)[nH]c1=O. The molecule has 0 spiro atoms. The maximum Gasteiger partial charge on any atom is 0.348 e. The number of carbonyl (C=O) groups is 2. The minimum Gasteiger partial charge on any atom is -0.451 e. The molecular formula is C21H22N4O5S. The summed E-state index contributed by atoms with van der Waals surface area (Å²) in [6.07, 6.45) is 0. The molecule has 0 radical (unpaired) electrons. The molecule has 0 bridgehead atoms. The van der Waals surface area contributed by atoms with Crippen LogP contribution in [0.15, 0.2) is 52.1 Å². The van der Waals surface area contributed by atoms with Crippen LogP contribution in [-0.2, 0) is 16.1 Å². The lowest BCUT2D eigenvalue weighted by molar-refractivity contribution is -0.121. The third kappa shape index (κ3) is 4.92. The van der Waals surface area contributed by atoms with Crippen molar-refractivity contribution in [3.05, 3.63) is 78.6 Å². The number of rotatable bonds is 7. The van der Waals surface area contributed by atoms with E-state index in [1.165, 1.54) is 15.9 Å². The molecule has 0 saturated carbocycles. The van der Waals surface area contributed by atoms with E-state index in [9.17, 15) is 19.2 Å². The Morgan fingerprint density at radius 1 is 1.16 bits per heavy atom. The summed E-state index contributed by atoms with van der Waals surface area (Å²) in [4.78, 5) is 54.3. The number of nitrogen functional groups attached to an aromatic ring is 1. The molecular weight excluding hydrogens is 420 g/mol. The van der Waals surface area contributed by atoms with Crippen LogP contribution >= 0.6 is 11.3 Å². The molecule has 9 nitrogen and oxygen atoms in total. The predicted molar refractivity (Wildman–Crippen MR) is 119 cm³/mol. The second kappa shape index (κ2) is 9.43. The van der Waals surface area contributed by atoms with Gasteiger partial charge in [0.05, 0.1) is 6.54 Å². The number of likely N-dealkylation sites (N-methyl/N-ethyl adjacent to an activating group) is 1. The van der Waals surface area contributed by atoms with Crippen LogP contribution in [-0.4, -0.2) is 34.6 Å². The van der Waals surface area contributed by atoms with Gasteiger partial charge in [-0.15, -0.1) is 11.3 Å². The van der Waals surface area contributed by atoms with Gasteiger partial charge in [-0.2, -0.15) is 0 Å². The Morgan fingerprint density at radius 3 is 2.48 bits per heavy atom. The number of hydrogen-bond acceptors (Lipinski definition) is 7. The van der Waals surface area contributed by atoms with Crippen LogP contribution in [0.3, 0.4) is 0 Å². The summed E-state index contributed by atoms with van der Waals surface area (Å²) in [7, 11) is 0. The van der Waals surface area contributed by atoms with E-state index in [1.807, 2.05) is 37.3 Å². The summed E-state index contributed by atoms with van der Waals surface area (Å²) in [5, 5.41) is 0. The summed E-state index contributed by atoms with van der Waals surface area (Å²) in [5.41, 5.74) is 5.30. The molecule has 0 unspecified atom stereocenters. The van der Waals surface area contributed by atoms with E-state index in [4.69, 9.17) is 10.5 Å². The molecule has 2 aromatic heterocycles. The monoisotopic (exact) mass is 442 g/mol. The van der Waals surface area contributed by atoms with Crippen LogP contribution in [0, 0.1) is 6.92 Å². The Labute approximate surface area is 181 Å². The van der Waals surface area contributed by atoms with Gasteiger partial charge >= 0.3 is 11.7 Å². The second-order valence-corrected chi connectivity index (χ2v) is 7.98. The molecule has 3 N–H and O–H groups in total. The Kier molecular flexibility index (Phi) is 6.71. The predicted octanol–water partition coefficient (Wildman–Crippen LogP) is 1.75. The van der Waals surface area contributed by atoms with Crippen molar-refractivity contribution in [2.24, 2.45) is 0 Å². The molecule has 0 saturated heterocycles. The highest BCUT2D eigenvalue weighted by Crippen LogP contribution is 2.19. The number of hydrogen-bond donors (Lipinski definition) is 2. The number of anilines is 2. The molecule has 3 aromatic rings. The number of esters is 1. The van der Waals surface area contributed by atoms with Crippen molar-refractivity contribution in [1.29, 1.82) is 0 Å². The molecule has 0 fully saturated rings. The fourth-order valence-corrected chi connectivity index (χ4v) is 3.80. The van der Waals surface area contributed by atoms with Crippen LogP contribution in [0.5, 0.6) is 0 Å². The number of aryl methyl sites for hydroxylation is 1. The molecule has 0 aliphatic rings. The zero-order chi connectivity index (χ0) is 22.5. The fraction of sp³-hybridized carbons (Fsp3) is 0.238. The number of nitrogens with two attached hydrogens (primary N) is 1. The van der Waals surface area contributed by atoms with Crippen molar-refractivity contribution < 1.29 is 14.3 Å². The molecule has 3 rings (SSSR count). The van der Waals surface area contributed by atoms with Crippen LogP contribution in [0.25, 0.3) is 0 Å². The molecule has 1 amide bonds. The largest absolute Gasteiger partial charge is 0.451 e. The van der Waals surface area contributed by atoms with Crippen molar-refractivity contribution in [3.8, 4) is 0 Å². The minimum absolute atomic E-state index is 0.0886. The number of nitrogens with one attached hydrogen (secondary N) is 1. The average Bonchev–Trinajstić information content (AvgIpc) is 3.19. The van der Waals surface area contributed by atoms with Crippen LogP contribution in [0.1, 0.15) is 27.0 Å². The molecule has 0 aliphatic heterocycles. The van der Waals surface area contributed by atoms with Gasteiger partial charge in [0.2, 0.25) is 0 Å². The van der Waals surface area contributed by atoms with E-state index in [0.717, 1.165) is 15.3 Å². The normalized spacial score (nSPS) is 10.6. The summed E-state index contributed by atoms with van der Waals surface area (Å²) in [6, 6.07) is 12.5. The van der Waals surface area contributed by atoms with Crippen molar-refractivity contribution in [2.45, 2.75) is 20.4 Å². The molecule has 31 heavy (non-hydrogen) atoms. The molecule has 162 valence electrons. The lowest BCUT2D eigenvalue weighted by Crippen LogP contribution is -2.42. The Hall–Kier alpha value is -3.66. The van der Waals surface area contributed by atoms with Gasteiger partial charge in [0.15, 0.2) is 12.3 Å². The van der Waals surface area contributed by atoms with Gasteiger partial charge in [0.1, 0.15) is 10.7 Å². The van der Waals surface area contributed by atoms with E-state index in [0.29, 0.717) is 4.88 Å². The zero-order valence-corrected chi connectivity index (χ0v) is 17.9. The first-order valence-corrected chi connectivity index (χ1v) is 10.3. The highest BCUT2D eigenvalue weighted by atomic mass is 32.1. The van der Waals surface area contributed by atoms with Gasteiger partial charge < -0.3 is 15.4 Å². The van der Waals surface area contributed by atoms with E-state index in [2.05, 4.69) is 4.98 Å². The number of H-pyrrole nitrogens is 1. The van der Waals surface area contributed by atoms with Gasteiger partial charge in [0.25, 0.3) is 11.5 Å². The van der Waals surface area contributed by atoms with Crippen molar-refractivity contribution in [1.82, 2.24) is 9.55 Å². The summed E-state index contributed by atoms with van der Waals surface area (Å²) >= 11 is 1.25. The Balaban J connectivity index is 1.85. The molecule has 0 aliphatic carbocycles. The quantitative estimate of drug-likeness (QED) is 0.537. The smallest absolute Gasteiger partial charge is 0.348 e. The van der Waals surface area contributed by atoms with Gasteiger partial charge in [-0.05, 0) is 31.5 Å². The van der Waals surface area contributed by atoms with Crippen molar-refractivity contribution in [3.63, 3.8) is 0 Å². The third-order valence-corrected chi connectivity index (χ3v) is 5.53. The molecule has 2 heterocycles. The van der Waals surface area contributed by atoms with Gasteiger partial charge in [0, 0.05) is 11.4 Å². The first-order chi connectivity index (χ1) is 14.8. The number of carbonyl (C=O) groups excluding carboxylic acids is 2. The number of aromatic amines is 1. The Bertz CT molecular complexity index is 1210. The lowest BCUT2D eigenvalue weighted by Gasteiger charge is -2.23. The van der Waals surface area contributed by atoms with E-state index in [1.54, 1.807) is 19.1 Å². The third-order valence-electron chi connectivity index (χ3n) is 4.55.